The van der Waals surface area contributed by atoms with E-state index >= 15 is 0 Å². The van der Waals surface area contributed by atoms with E-state index in [-0.39, 0.29) is 6.42 Å². The van der Waals surface area contributed by atoms with Crippen LogP contribution in [0.1, 0.15) is 25.5 Å². The number of thioether (sulfide) groups is 1. The summed E-state index contributed by atoms with van der Waals surface area (Å²) in [5, 5.41) is 8.82. The van der Waals surface area contributed by atoms with Crippen molar-refractivity contribution in [1.82, 2.24) is 0 Å². The maximum atomic E-state index is 10.3. The Kier molecular flexibility index (Phi) is 4.07. The van der Waals surface area contributed by atoms with Gasteiger partial charge >= 0.3 is 5.97 Å². The number of aryl methyl sites for hydroxylation is 1. The SMILES string of the molecule is Cc1occc1SC(C)CCC(=O)O. The first-order valence-electron chi connectivity index (χ1n) is 4.52. The minimum absolute atomic E-state index is 0.227. The van der Waals surface area contributed by atoms with Gasteiger partial charge in [0.15, 0.2) is 0 Å². The largest absolute Gasteiger partial charge is 0.481 e. The van der Waals surface area contributed by atoms with Crippen LogP contribution in [0.5, 0.6) is 0 Å². The van der Waals surface area contributed by atoms with Gasteiger partial charge in [0.25, 0.3) is 0 Å². The number of carboxylic acids is 1. The molecule has 0 saturated carbocycles. The molecule has 78 valence electrons. The molecule has 1 N–H and O–H groups in total. The molecule has 0 aliphatic heterocycles. The van der Waals surface area contributed by atoms with E-state index in [0.717, 1.165) is 10.7 Å². The summed E-state index contributed by atoms with van der Waals surface area (Å²) < 4.78 is 5.15. The highest BCUT2D eigenvalue weighted by Gasteiger charge is 2.09. The van der Waals surface area contributed by atoms with Crippen LogP contribution in [0.3, 0.4) is 0 Å². The first kappa shape index (κ1) is 11.2. The van der Waals surface area contributed by atoms with Crippen molar-refractivity contribution in [3.05, 3.63) is 18.1 Å². The number of aliphatic carboxylic acids is 1. The first-order valence-corrected chi connectivity index (χ1v) is 5.40. The summed E-state index contributed by atoms with van der Waals surface area (Å²) in [5.74, 6) is 0.165. The molecule has 0 aliphatic rings. The minimum atomic E-state index is -0.735. The molecular weight excluding hydrogens is 200 g/mol. The van der Waals surface area contributed by atoms with Crippen LogP contribution in [0, 0.1) is 6.92 Å². The van der Waals surface area contributed by atoms with Crippen molar-refractivity contribution in [2.75, 3.05) is 0 Å². The fourth-order valence-electron chi connectivity index (χ4n) is 1.10. The lowest BCUT2D eigenvalue weighted by atomic mass is 10.2. The topological polar surface area (TPSA) is 50.4 Å². The molecule has 1 rings (SSSR count). The molecule has 14 heavy (non-hydrogen) atoms. The second kappa shape index (κ2) is 5.10. The Bertz CT molecular complexity index is 306. The number of rotatable bonds is 5. The quantitative estimate of drug-likeness (QED) is 0.766. The van der Waals surface area contributed by atoms with Gasteiger partial charge in [0.05, 0.1) is 6.26 Å². The van der Waals surface area contributed by atoms with Crippen molar-refractivity contribution in [1.29, 1.82) is 0 Å². The fourth-order valence-corrected chi connectivity index (χ4v) is 2.12. The lowest BCUT2D eigenvalue weighted by Crippen LogP contribution is -2.02. The molecule has 4 heteroatoms. The molecule has 0 aliphatic carbocycles. The maximum Gasteiger partial charge on any atom is 0.303 e. The van der Waals surface area contributed by atoms with E-state index in [4.69, 9.17) is 9.52 Å². The minimum Gasteiger partial charge on any atom is -0.481 e. The normalized spacial score (nSPS) is 12.7. The number of hydrogen-bond donors (Lipinski definition) is 1. The summed E-state index contributed by atoms with van der Waals surface area (Å²) in [5.41, 5.74) is 0. The molecule has 0 bridgehead atoms. The van der Waals surface area contributed by atoms with Gasteiger partial charge in [-0.2, -0.15) is 0 Å². The predicted molar refractivity (Wildman–Crippen MR) is 55.6 cm³/mol. The number of carbonyl (C=O) groups is 1. The smallest absolute Gasteiger partial charge is 0.303 e. The molecule has 1 heterocycles. The average Bonchev–Trinajstić information content (AvgIpc) is 2.49. The highest BCUT2D eigenvalue weighted by Crippen LogP contribution is 2.29. The summed E-state index contributed by atoms with van der Waals surface area (Å²) in [4.78, 5) is 11.4. The van der Waals surface area contributed by atoms with Crippen LogP contribution in [-0.2, 0) is 4.79 Å². The average molecular weight is 214 g/mol. The van der Waals surface area contributed by atoms with Gasteiger partial charge in [-0.3, -0.25) is 4.79 Å². The van der Waals surface area contributed by atoms with E-state index in [2.05, 4.69) is 0 Å². The monoisotopic (exact) mass is 214 g/mol. The summed E-state index contributed by atoms with van der Waals surface area (Å²) in [6, 6.07) is 1.91. The van der Waals surface area contributed by atoms with Crippen molar-refractivity contribution < 1.29 is 14.3 Å². The molecule has 1 aromatic heterocycles. The highest BCUT2D eigenvalue weighted by molar-refractivity contribution is 8.00. The van der Waals surface area contributed by atoms with E-state index in [1.54, 1.807) is 18.0 Å². The van der Waals surface area contributed by atoms with Crippen LogP contribution in [0.15, 0.2) is 21.6 Å². The zero-order chi connectivity index (χ0) is 10.6. The molecule has 0 aromatic carbocycles. The Labute approximate surface area is 87.5 Å². The fraction of sp³-hybridized carbons (Fsp3) is 0.500. The molecule has 0 saturated heterocycles. The molecule has 1 unspecified atom stereocenters. The number of furan rings is 1. The van der Waals surface area contributed by atoms with E-state index in [1.807, 2.05) is 19.9 Å². The van der Waals surface area contributed by atoms with Crippen molar-refractivity contribution >= 4 is 17.7 Å². The van der Waals surface area contributed by atoms with Gasteiger partial charge in [-0.15, -0.1) is 11.8 Å². The van der Waals surface area contributed by atoms with Gasteiger partial charge in [0, 0.05) is 16.6 Å². The second-order valence-corrected chi connectivity index (χ2v) is 4.68. The van der Waals surface area contributed by atoms with Crippen molar-refractivity contribution in [2.24, 2.45) is 0 Å². The standard InChI is InChI=1S/C10H14O3S/c1-7(3-4-10(11)12)14-9-5-6-13-8(9)2/h5-7H,3-4H2,1-2H3,(H,11,12). The van der Waals surface area contributed by atoms with Gasteiger partial charge in [0.2, 0.25) is 0 Å². The van der Waals surface area contributed by atoms with Crippen molar-refractivity contribution in [2.45, 2.75) is 36.8 Å². The van der Waals surface area contributed by atoms with E-state index in [9.17, 15) is 4.79 Å². The third-order valence-electron chi connectivity index (χ3n) is 1.90. The van der Waals surface area contributed by atoms with Gasteiger partial charge in [0.1, 0.15) is 5.76 Å². The molecule has 3 nitrogen and oxygen atoms in total. The molecule has 0 radical (unpaired) electrons. The molecule has 1 aromatic rings. The molecule has 0 fully saturated rings. The van der Waals surface area contributed by atoms with Crippen LogP contribution < -0.4 is 0 Å². The summed E-state index contributed by atoms with van der Waals surface area (Å²) in [7, 11) is 0. The number of hydrogen-bond acceptors (Lipinski definition) is 3. The molecular formula is C10H14O3S. The number of carboxylic acid groups (broad SMARTS) is 1. The zero-order valence-electron chi connectivity index (χ0n) is 8.32. The van der Waals surface area contributed by atoms with Gasteiger partial charge in [-0.25, -0.2) is 0 Å². The van der Waals surface area contributed by atoms with Crippen LogP contribution in [-0.4, -0.2) is 16.3 Å². The third kappa shape index (κ3) is 3.46. The zero-order valence-corrected chi connectivity index (χ0v) is 9.13. The maximum absolute atomic E-state index is 10.3. The lowest BCUT2D eigenvalue weighted by molar-refractivity contribution is -0.137. The van der Waals surface area contributed by atoms with E-state index < -0.39 is 5.97 Å². The van der Waals surface area contributed by atoms with Crippen LogP contribution in [0.25, 0.3) is 0 Å². The molecule has 0 amide bonds. The first-order chi connectivity index (χ1) is 6.59. The summed E-state index contributed by atoms with van der Waals surface area (Å²) in [6.07, 6.45) is 2.57. The second-order valence-electron chi connectivity index (χ2n) is 3.20. The Hall–Kier alpha value is -0.900. The molecule has 1 atom stereocenters. The Balaban J connectivity index is 2.37. The van der Waals surface area contributed by atoms with Crippen LogP contribution in [0.2, 0.25) is 0 Å². The predicted octanol–water partition coefficient (Wildman–Crippen LogP) is 2.93. The Morgan fingerprint density at radius 3 is 2.93 bits per heavy atom. The Morgan fingerprint density at radius 1 is 1.71 bits per heavy atom. The van der Waals surface area contributed by atoms with Gasteiger partial charge < -0.3 is 9.52 Å². The summed E-state index contributed by atoms with van der Waals surface area (Å²) in [6.45, 7) is 3.94. The van der Waals surface area contributed by atoms with Crippen molar-refractivity contribution in [3.8, 4) is 0 Å². The van der Waals surface area contributed by atoms with Crippen LogP contribution >= 0.6 is 11.8 Å². The van der Waals surface area contributed by atoms with Gasteiger partial charge in [-0.1, -0.05) is 6.92 Å². The molecule has 0 spiro atoms. The Morgan fingerprint density at radius 2 is 2.43 bits per heavy atom. The lowest BCUT2D eigenvalue weighted by Gasteiger charge is -2.07. The highest BCUT2D eigenvalue weighted by atomic mass is 32.2. The van der Waals surface area contributed by atoms with Crippen molar-refractivity contribution in [3.63, 3.8) is 0 Å². The van der Waals surface area contributed by atoms with Crippen LogP contribution in [0.4, 0.5) is 0 Å². The third-order valence-corrected chi connectivity index (χ3v) is 3.22. The summed E-state index contributed by atoms with van der Waals surface area (Å²) >= 11 is 1.66. The van der Waals surface area contributed by atoms with E-state index in [1.165, 1.54) is 0 Å². The van der Waals surface area contributed by atoms with Gasteiger partial charge in [-0.05, 0) is 19.4 Å². The van der Waals surface area contributed by atoms with E-state index in [0.29, 0.717) is 11.7 Å².